The smallest absolute Gasteiger partial charge is 0.224 e. The van der Waals surface area contributed by atoms with Crippen LogP contribution in [0.5, 0.6) is 0 Å². The largest absolute Gasteiger partial charge is 0.354 e. The number of carbonyl (C=O) groups excluding carboxylic acids is 1. The van der Waals surface area contributed by atoms with Gasteiger partial charge in [-0.15, -0.1) is 11.3 Å². The normalized spacial score (nSPS) is 10.3. The second-order valence-electron chi connectivity index (χ2n) is 4.60. The third-order valence-electron chi connectivity index (χ3n) is 2.64. The van der Waals surface area contributed by atoms with Crippen molar-refractivity contribution in [3.8, 4) is 0 Å². The van der Waals surface area contributed by atoms with Gasteiger partial charge in [-0.2, -0.15) is 0 Å². The lowest BCUT2D eigenvalue weighted by atomic mass is 10.1. The SMILES string of the molecule is CN(C)c1nc(CNC(=O)Cc2cccc(Cl)c2)cs1. The predicted molar refractivity (Wildman–Crippen MR) is 83.4 cm³/mol. The summed E-state index contributed by atoms with van der Waals surface area (Å²) in [7, 11) is 3.89. The molecule has 0 fully saturated rings. The molecule has 1 heterocycles. The number of carbonyl (C=O) groups is 1. The van der Waals surface area contributed by atoms with E-state index in [1.54, 1.807) is 23.5 Å². The van der Waals surface area contributed by atoms with Crippen LogP contribution in [0.4, 0.5) is 5.13 Å². The molecule has 1 aromatic heterocycles. The Balaban J connectivity index is 1.85. The molecular weight excluding hydrogens is 294 g/mol. The predicted octanol–water partition coefficient (Wildman–Crippen LogP) is 2.72. The molecule has 0 aliphatic heterocycles. The Morgan fingerprint density at radius 3 is 2.90 bits per heavy atom. The van der Waals surface area contributed by atoms with Crippen molar-refractivity contribution in [2.45, 2.75) is 13.0 Å². The number of amides is 1. The van der Waals surface area contributed by atoms with Gasteiger partial charge in [0.25, 0.3) is 0 Å². The average Bonchev–Trinajstić information content (AvgIpc) is 2.85. The minimum atomic E-state index is -0.0355. The summed E-state index contributed by atoms with van der Waals surface area (Å²) in [6.45, 7) is 0.448. The lowest BCUT2D eigenvalue weighted by Gasteiger charge is -2.06. The number of benzene rings is 1. The number of aromatic nitrogens is 1. The number of hydrogen-bond donors (Lipinski definition) is 1. The van der Waals surface area contributed by atoms with Crippen molar-refractivity contribution in [1.82, 2.24) is 10.3 Å². The Morgan fingerprint density at radius 2 is 2.25 bits per heavy atom. The van der Waals surface area contributed by atoms with Crippen molar-refractivity contribution in [3.63, 3.8) is 0 Å². The van der Waals surface area contributed by atoms with Gasteiger partial charge < -0.3 is 10.2 Å². The molecule has 2 aromatic rings. The van der Waals surface area contributed by atoms with Crippen LogP contribution in [-0.2, 0) is 17.8 Å². The van der Waals surface area contributed by atoms with E-state index < -0.39 is 0 Å². The van der Waals surface area contributed by atoms with Gasteiger partial charge >= 0.3 is 0 Å². The highest BCUT2D eigenvalue weighted by molar-refractivity contribution is 7.13. The highest BCUT2D eigenvalue weighted by atomic mass is 35.5. The Morgan fingerprint density at radius 1 is 1.45 bits per heavy atom. The van der Waals surface area contributed by atoms with E-state index in [0.717, 1.165) is 16.4 Å². The Bertz CT molecular complexity index is 598. The zero-order valence-corrected chi connectivity index (χ0v) is 13.0. The maximum Gasteiger partial charge on any atom is 0.224 e. The van der Waals surface area contributed by atoms with E-state index in [-0.39, 0.29) is 5.91 Å². The van der Waals surface area contributed by atoms with Gasteiger partial charge in [0.1, 0.15) is 0 Å². The molecule has 0 atom stereocenters. The third kappa shape index (κ3) is 4.21. The Hall–Kier alpha value is -1.59. The van der Waals surface area contributed by atoms with Crippen molar-refractivity contribution in [2.24, 2.45) is 0 Å². The van der Waals surface area contributed by atoms with Crippen LogP contribution in [0.3, 0.4) is 0 Å². The molecule has 1 N–H and O–H groups in total. The van der Waals surface area contributed by atoms with Crippen LogP contribution < -0.4 is 10.2 Å². The molecule has 1 aromatic carbocycles. The first-order valence-corrected chi connectivity index (χ1v) is 7.43. The van der Waals surface area contributed by atoms with Gasteiger partial charge in [0, 0.05) is 24.5 Å². The minimum Gasteiger partial charge on any atom is -0.354 e. The van der Waals surface area contributed by atoms with Gasteiger partial charge in [-0.25, -0.2) is 4.98 Å². The van der Waals surface area contributed by atoms with Gasteiger partial charge in [0.05, 0.1) is 18.7 Å². The van der Waals surface area contributed by atoms with Crippen LogP contribution in [0.15, 0.2) is 29.6 Å². The maximum absolute atomic E-state index is 11.8. The monoisotopic (exact) mass is 309 g/mol. The number of nitrogens with zero attached hydrogens (tertiary/aromatic N) is 2. The third-order valence-corrected chi connectivity index (χ3v) is 3.93. The molecule has 0 aliphatic rings. The first kappa shape index (κ1) is 14.8. The summed E-state index contributed by atoms with van der Waals surface area (Å²) in [6.07, 6.45) is 0.325. The molecule has 2 rings (SSSR count). The molecule has 4 nitrogen and oxygen atoms in total. The molecular formula is C14H16ClN3OS. The van der Waals surface area contributed by atoms with Crippen LogP contribution in [0.25, 0.3) is 0 Å². The Kier molecular flexibility index (Phi) is 4.98. The highest BCUT2D eigenvalue weighted by Crippen LogP contribution is 2.17. The second-order valence-corrected chi connectivity index (χ2v) is 5.87. The quantitative estimate of drug-likeness (QED) is 0.923. The molecule has 1 amide bonds. The first-order chi connectivity index (χ1) is 9.54. The highest BCUT2D eigenvalue weighted by Gasteiger charge is 2.07. The van der Waals surface area contributed by atoms with Crippen molar-refractivity contribution in [2.75, 3.05) is 19.0 Å². The standard InChI is InChI=1S/C14H16ClN3OS/c1-18(2)14-17-12(9-20-14)8-16-13(19)7-10-4-3-5-11(15)6-10/h3-6,9H,7-8H2,1-2H3,(H,16,19). The topological polar surface area (TPSA) is 45.2 Å². The average molecular weight is 310 g/mol. The van der Waals surface area contributed by atoms with Crippen LogP contribution in [-0.4, -0.2) is 25.0 Å². The van der Waals surface area contributed by atoms with Crippen molar-refractivity contribution >= 4 is 34.0 Å². The Labute approximate surface area is 127 Å². The molecule has 0 saturated carbocycles. The van der Waals surface area contributed by atoms with E-state index in [0.29, 0.717) is 18.0 Å². The minimum absolute atomic E-state index is 0.0355. The molecule has 0 aliphatic carbocycles. The van der Waals surface area contributed by atoms with Gasteiger partial charge in [0.15, 0.2) is 5.13 Å². The van der Waals surface area contributed by atoms with Gasteiger partial charge in [-0.1, -0.05) is 23.7 Å². The molecule has 0 saturated heterocycles. The van der Waals surface area contributed by atoms with Crippen LogP contribution >= 0.6 is 22.9 Å². The molecule has 0 unspecified atom stereocenters. The fourth-order valence-electron chi connectivity index (χ4n) is 1.67. The summed E-state index contributed by atoms with van der Waals surface area (Å²) < 4.78 is 0. The molecule has 0 radical (unpaired) electrons. The van der Waals surface area contributed by atoms with Crippen molar-refractivity contribution in [1.29, 1.82) is 0 Å². The fraction of sp³-hybridized carbons (Fsp3) is 0.286. The summed E-state index contributed by atoms with van der Waals surface area (Å²) in [5, 5.41) is 6.39. The van der Waals surface area contributed by atoms with E-state index in [4.69, 9.17) is 11.6 Å². The molecule has 106 valence electrons. The van der Waals surface area contributed by atoms with E-state index in [2.05, 4.69) is 10.3 Å². The number of hydrogen-bond acceptors (Lipinski definition) is 4. The number of nitrogens with one attached hydrogen (secondary N) is 1. The van der Waals surface area contributed by atoms with Crippen molar-refractivity contribution < 1.29 is 4.79 Å². The lowest BCUT2D eigenvalue weighted by molar-refractivity contribution is -0.120. The van der Waals surface area contributed by atoms with E-state index in [1.807, 2.05) is 36.5 Å². The number of thiazole rings is 1. The zero-order chi connectivity index (χ0) is 14.5. The lowest BCUT2D eigenvalue weighted by Crippen LogP contribution is -2.24. The summed E-state index contributed by atoms with van der Waals surface area (Å²) in [4.78, 5) is 18.2. The van der Waals surface area contributed by atoms with E-state index >= 15 is 0 Å². The van der Waals surface area contributed by atoms with Crippen LogP contribution in [0.2, 0.25) is 5.02 Å². The van der Waals surface area contributed by atoms with Crippen molar-refractivity contribution in [3.05, 3.63) is 45.9 Å². The number of halogens is 1. The molecule has 20 heavy (non-hydrogen) atoms. The molecule has 0 spiro atoms. The number of rotatable bonds is 5. The van der Waals surface area contributed by atoms with E-state index in [1.165, 1.54) is 0 Å². The summed E-state index contributed by atoms with van der Waals surface area (Å²) in [5.74, 6) is -0.0355. The second kappa shape index (κ2) is 6.72. The van der Waals surface area contributed by atoms with Crippen LogP contribution in [0.1, 0.15) is 11.3 Å². The molecule has 0 bridgehead atoms. The first-order valence-electron chi connectivity index (χ1n) is 6.17. The maximum atomic E-state index is 11.8. The van der Waals surface area contributed by atoms with Crippen LogP contribution in [0, 0.1) is 0 Å². The van der Waals surface area contributed by atoms with Gasteiger partial charge in [-0.3, -0.25) is 4.79 Å². The zero-order valence-electron chi connectivity index (χ0n) is 11.4. The fourth-order valence-corrected chi connectivity index (χ4v) is 2.64. The molecule has 6 heteroatoms. The van der Waals surface area contributed by atoms with E-state index in [9.17, 15) is 4.79 Å². The van der Waals surface area contributed by atoms with Gasteiger partial charge in [-0.05, 0) is 17.7 Å². The number of anilines is 1. The summed E-state index contributed by atoms with van der Waals surface area (Å²) >= 11 is 7.45. The summed E-state index contributed by atoms with van der Waals surface area (Å²) in [5.41, 5.74) is 1.78. The van der Waals surface area contributed by atoms with Gasteiger partial charge in [0.2, 0.25) is 5.91 Å². The summed E-state index contributed by atoms with van der Waals surface area (Å²) in [6, 6.07) is 7.32.